The first-order chi connectivity index (χ1) is 16.9. The molecule has 4 aromatic rings. The largest absolute Gasteiger partial charge is 0.494 e. The van der Waals surface area contributed by atoms with Crippen molar-refractivity contribution in [1.82, 2.24) is 4.68 Å². The molecule has 0 atom stereocenters. The predicted octanol–water partition coefficient (Wildman–Crippen LogP) is 5.31. The molecule has 0 radical (unpaired) electrons. The van der Waals surface area contributed by atoms with Crippen molar-refractivity contribution in [1.29, 1.82) is 0 Å². The van der Waals surface area contributed by atoms with E-state index in [1.165, 1.54) is 4.68 Å². The zero-order chi connectivity index (χ0) is 24.9. The molecular formula is C25H20Cl2N4O4. The molecule has 35 heavy (non-hydrogen) atoms. The molecule has 3 amide bonds. The Kier molecular flexibility index (Phi) is 7.24. The highest BCUT2D eigenvalue weighted by molar-refractivity contribution is 6.42. The van der Waals surface area contributed by atoms with Crippen LogP contribution in [0.5, 0.6) is 5.75 Å². The molecule has 8 nitrogen and oxygen atoms in total. The van der Waals surface area contributed by atoms with Crippen LogP contribution in [0.1, 0.15) is 17.4 Å². The van der Waals surface area contributed by atoms with Gasteiger partial charge in [-0.25, -0.2) is 4.68 Å². The van der Waals surface area contributed by atoms with Crippen molar-refractivity contribution in [2.45, 2.75) is 6.92 Å². The Morgan fingerprint density at radius 3 is 2.34 bits per heavy atom. The Hall–Kier alpha value is -4.01. The number of nitrogens with one attached hydrogen (secondary N) is 3. The number of ether oxygens (including phenoxy) is 1. The summed E-state index contributed by atoms with van der Waals surface area (Å²) in [7, 11) is 0. The van der Waals surface area contributed by atoms with Crippen LogP contribution >= 0.6 is 23.2 Å². The highest BCUT2D eigenvalue weighted by Crippen LogP contribution is 2.25. The number of hydrogen-bond acceptors (Lipinski definition) is 4. The number of aromatic nitrogens is 1. The maximum absolute atomic E-state index is 13.1. The van der Waals surface area contributed by atoms with Gasteiger partial charge in [0.2, 0.25) is 0 Å². The van der Waals surface area contributed by atoms with Crippen LogP contribution in [0.4, 0.5) is 11.4 Å². The summed E-state index contributed by atoms with van der Waals surface area (Å²) in [6.45, 7) is 2.37. The molecular weight excluding hydrogens is 491 g/mol. The van der Waals surface area contributed by atoms with Gasteiger partial charge in [-0.2, -0.15) is 0 Å². The fraction of sp³-hybridized carbons (Fsp3) is 0.0800. The van der Waals surface area contributed by atoms with E-state index in [1.807, 2.05) is 6.92 Å². The van der Waals surface area contributed by atoms with Crippen LogP contribution in [0.15, 0.2) is 72.8 Å². The quantitative estimate of drug-likeness (QED) is 0.306. The highest BCUT2D eigenvalue weighted by atomic mass is 35.5. The molecule has 3 aromatic carbocycles. The third-order valence-electron chi connectivity index (χ3n) is 4.96. The summed E-state index contributed by atoms with van der Waals surface area (Å²) in [5.41, 5.74) is 3.85. The minimum absolute atomic E-state index is 0.0735. The summed E-state index contributed by atoms with van der Waals surface area (Å²) in [5, 5.41) is 6.62. The van der Waals surface area contributed by atoms with Crippen LogP contribution in [-0.2, 0) is 9.59 Å². The minimum Gasteiger partial charge on any atom is -0.494 e. The van der Waals surface area contributed by atoms with Crippen molar-refractivity contribution in [3.8, 4) is 5.75 Å². The number of para-hydroxylation sites is 1. The number of rotatable bonds is 6. The predicted molar refractivity (Wildman–Crippen MR) is 137 cm³/mol. The lowest BCUT2D eigenvalue weighted by Gasteiger charge is -2.13. The Labute approximate surface area is 210 Å². The molecule has 0 aliphatic heterocycles. The van der Waals surface area contributed by atoms with Gasteiger partial charge in [0.15, 0.2) is 0 Å². The standard InChI is InChI=1S/C25H20Cl2N4O4/c1-2-35-18-10-8-17(9-11-18)28-24(33)25(34)30-31-21-12-7-16(26)13-15(21)14-22(31)23(32)29-20-6-4-3-5-19(20)27/h3-14H,2H2,1H3,(H,28,33)(H,29,32)(H,30,34). The van der Waals surface area contributed by atoms with Gasteiger partial charge < -0.3 is 15.4 Å². The van der Waals surface area contributed by atoms with Gasteiger partial charge in [-0.1, -0.05) is 35.3 Å². The van der Waals surface area contributed by atoms with Gasteiger partial charge in [0.1, 0.15) is 11.4 Å². The van der Waals surface area contributed by atoms with E-state index in [9.17, 15) is 14.4 Å². The molecule has 0 spiro atoms. The van der Waals surface area contributed by atoms with E-state index in [1.54, 1.807) is 72.8 Å². The second kappa shape index (κ2) is 10.5. The molecule has 1 aromatic heterocycles. The SMILES string of the molecule is CCOc1ccc(NC(=O)C(=O)Nn2c(C(=O)Nc3ccccc3Cl)cc3cc(Cl)ccc32)cc1. The summed E-state index contributed by atoms with van der Waals surface area (Å²) >= 11 is 12.3. The van der Waals surface area contributed by atoms with Gasteiger partial charge in [-0.3, -0.25) is 19.8 Å². The van der Waals surface area contributed by atoms with Crippen LogP contribution in [0.3, 0.4) is 0 Å². The summed E-state index contributed by atoms with van der Waals surface area (Å²) in [5.74, 6) is -1.79. The summed E-state index contributed by atoms with van der Waals surface area (Å²) in [6, 6.07) is 19.8. The fourth-order valence-electron chi connectivity index (χ4n) is 3.36. The number of hydrogen-bond donors (Lipinski definition) is 3. The van der Waals surface area contributed by atoms with Crippen LogP contribution in [-0.4, -0.2) is 29.0 Å². The lowest BCUT2D eigenvalue weighted by atomic mass is 10.2. The maximum Gasteiger partial charge on any atom is 0.328 e. The van der Waals surface area contributed by atoms with Crippen molar-refractivity contribution < 1.29 is 19.1 Å². The number of fused-ring (bicyclic) bond motifs is 1. The van der Waals surface area contributed by atoms with E-state index in [0.717, 1.165) is 0 Å². The average molecular weight is 511 g/mol. The molecule has 0 unspecified atom stereocenters. The molecule has 0 aliphatic rings. The van der Waals surface area contributed by atoms with E-state index in [2.05, 4.69) is 16.1 Å². The normalized spacial score (nSPS) is 10.6. The molecule has 178 valence electrons. The summed E-state index contributed by atoms with van der Waals surface area (Å²) in [4.78, 5) is 38.4. The van der Waals surface area contributed by atoms with Gasteiger partial charge in [0, 0.05) is 16.1 Å². The molecule has 0 saturated carbocycles. The number of carbonyl (C=O) groups excluding carboxylic acids is 3. The van der Waals surface area contributed by atoms with Crippen LogP contribution in [0.2, 0.25) is 10.0 Å². The van der Waals surface area contributed by atoms with Crippen molar-refractivity contribution in [3.63, 3.8) is 0 Å². The second-order valence-corrected chi connectivity index (χ2v) is 8.20. The average Bonchev–Trinajstić information content (AvgIpc) is 3.19. The van der Waals surface area contributed by atoms with E-state index in [4.69, 9.17) is 27.9 Å². The number of amides is 3. The Morgan fingerprint density at radius 1 is 0.886 bits per heavy atom. The van der Waals surface area contributed by atoms with E-state index in [-0.39, 0.29) is 5.69 Å². The Morgan fingerprint density at radius 2 is 1.63 bits per heavy atom. The molecule has 1 heterocycles. The van der Waals surface area contributed by atoms with Gasteiger partial charge in [0.05, 0.1) is 22.8 Å². The molecule has 4 rings (SSSR count). The number of halogens is 2. The Balaban J connectivity index is 1.58. The summed E-state index contributed by atoms with van der Waals surface area (Å²) in [6.07, 6.45) is 0. The third kappa shape index (κ3) is 5.56. The van der Waals surface area contributed by atoms with Gasteiger partial charge in [-0.05, 0) is 67.6 Å². The number of benzene rings is 3. The van der Waals surface area contributed by atoms with Crippen molar-refractivity contribution >= 4 is 63.2 Å². The Bertz CT molecular complexity index is 1420. The fourth-order valence-corrected chi connectivity index (χ4v) is 3.73. The third-order valence-corrected chi connectivity index (χ3v) is 5.53. The molecule has 10 heteroatoms. The zero-order valence-corrected chi connectivity index (χ0v) is 20.0. The van der Waals surface area contributed by atoms with Crippen LogP contribution < -0.4 is 20.8 Å². The summed E-state index contributed by atoms with van der Waals surface area (Å²) < 4.78 is 6.60. The first-order valence-electron chi connectivity index (χ1n) is 10.6. The van der Waals surface area contributed by atoms with Crippen molar-refractivity contribution in [2.24, 2.45) is 0 Å². The molecule has 0 saturated heterocycles. The van der Waals surface area contributed by atoms with Gasteiger partial charge in [-0.15, -0.1) is 0 Å². The van der Waals surface area contributed by atoms with Crippen molar-refractivity contribution in [3.05, 3.63) is 88.5 Å². The molecule has 0 fully saturated rings. The van der Waals surface area contributed by atoms with Crippen LogP contribution in [0.25, 0.3) is 10.9 Å². The molecule has 0 aliphatic carbocycles. The second-order valence-electron chi connectivity index (χ2n) is 7.35. The monoisotopic (exact) mass is 510 g/mol. The van der Waals surface area contributed by atoms with Crippen LogP contribution in [0, 0.1) is 0 Å². The highest BCUT2D eigenvalue weighted by Gasteiger charge is 2.21. The lowest BCUT2D eigenvalue weighted by molar-refractivity contribution is -0.133. The van der Waals surface area contributed by atoms with E-state index >= 15 is 0 Å². The zero-order valence-electron chi connectivity index (χ0n) is 18.5. The van der Waals surface area contributed by atoms with Gasteiger partial charge >= 0.3 is 11.8 Å². The minimum atomic E-state index is -0.974. The van der Waals surface area contributed by atoms with E-state index < -0.39 is 17.7 Å². The smallest absolute Gasteiger partial charge is 0.328 e. The number of anilines is 2. The molecule has 0 bridgehead atoms. The topological polar surface area (TPSA) is 101 Å². The molecule has 3 N–H and O–H groups in total. The first kappa shape index (κ1) is 24.1. The maximum atomic E-state index is 13.1. The number of carbonyl (C=O) groups is 3. The van der Waals surface area contributed by atoms with Crippen molar-refractivity contribution in [2.75, 3.05) is 22.7 Å². The van der Waals surface area contributed by atoms with E-state index in [0.29, 0.717) is 44.7 Å². The lowest BCUT2D eigenvalue weighted by Crippen LogP contribution is -2.36. The van der Waals surface area contributed by atoms with Gasteiger partial charge in [0.25, 0.3) is 5.91 Å². The number of nitrogens with zero attached hydrogens (tertiary/aromatic N) is 1. The first-order valence-corrected chi connectivity index (χ1v) is 11.3.